The number of rotatable bonds is 3. The molecule has 2 rings (SSSR count). The number of carbonyl (C=O) groups excluding carboxylic acids is 1. The van der Waals surface area contributed by atoms with E-state index in [0.717, 1.165) is 36.9 Å². The Bertz CT molecular complexity index is 369. The van der Waals surface area contributed by atoms with E-state index >= 15 is 0 Å². The van der Waals surface area contributed by atoms with Crippen LogP contribution in [0.1, 0.15) is 17.1 Å². The van der Waals surface area contributed by atoms with Crippen LogP contribution in [-0.4, -0.2) is 35.4 Å². The van der Waals surface area contributed by atoms with Crippen LogP contribution in [0, 0.1) is 0 Å². The zero-order valence-corrected chi connectivity index (χ0v) is 10.5. The first kappa shape index (κ1) is 11.8. The van der Waals surface area contributed by atoms with Crippen molar-refractivity contribution in [1.82, 2.24) is 15.2 Å². The van der Waals surface area contributed by atoms with E-state index in [1.165, 1.54) is 0 Å². The summed E-state index contributed by atoms with van der Waals surface area (Å²) in [6.07, 6.45) is 0.577. The van der Waals surface area contributed by atoms with Gasteiger partial charge in [-0.05, 0) is 0 Å². The molecule has 1 amide bonds. The summed E-state index contributed by atoms with van der Waals surface area (Å²) in [4.78, 5) is 17.8. The maximum absolute atomic E-state index is 11.2. The van der Waals surface area contributed by atoms with Gasteiger partial charge in [-0.3, -0.25) is 9.69 Å². The van der Waals surface area contributed by atoms with Gasteiger partial charge in [0.05, 0.1) is 18.1 Å². The van der Waals surface area contributed by atoms with E-state index in [9.17, 15) is 4.79 Å². The van der Waals surface area contributed by atoms with Gasteiger partial charge in [0.2, 0.25) is 5.91 Å². The molecule has 0 unspecified atom stereocenters. The summed E-state index contributed by atoms with van der Waals surface area (Å²) < 4.78 is 0. The molecule has 0 saturated carbocycles. The third-order valence-corrected chi connectivity index (χ3v) is 3.66. The highest BCUT2D eigenvalue weighted by Crippen LogP contribution is 2.14. The molecule has 2 heterocycles. The summed E-state index contributed by atoms with van der Waals surface area (Å²) in [7, 11) is 0. The lowest BCUT2D eigenvalue weighted by atomic mass is 10.4. The Morgan fingerprint density at radius 2 is 2.44 bits per heavy atom. The molecule has 0 atom stereocenters. The minimum Gasteiger partial charge on any atom is -0.355 e. The second-order valence-corrected chi connectivity index (χ2v) is 4.95. The summed E-state index contributed by atoms with van der Waals surface area (Å²) in [5, 5.41) is 5.92. The van der Waals surface area contributed by atoms with Crippen LogP contribution in [0.2, 0.25) is 0 Å². The molecular weight excluding hydrogens is 246 g/mol. The SMILES string of the molecule is O=C1CCN(Cc2nc(CCl)cs2)CCN1. The smallest absolute Gasteiger partial charge is 0.221 e. The van der Waals surface area contributed by atoms with Crippen LogP contribution in [0.15, 0.2) is 5.38 Å². The number of aromatic nitrogens is 1. The van der Waals surface area contributed by atoms with Gasteiger partial charge in [-0.15, -0.1) is 22.9 Å². The third kappa shape index (κ3) is 3.17. The zero-order chi connectivity index (χ0) is 11.4. The predicted molar refractivity (Wildman–Crippen MR) is 64.6 cm³/mol. The van der Waals surface area contributed by atoms with Crippen molar-refractivity contribution in [1.29, 1.82) is 0 Å². The Hall–Kier alpha value is -0.650. The molecule has 1 aliphatic rings. The molecule has 6 heteroatoms. The molecule has 16 heavy (non-hydrogen) atoms. The second kappa shape index (κ2) is 5.61. The zero-order valence-electron chi connectivity index (χ0n) is 8.91. The van der Waals surface area contributed by atoms with Crippen LogP contribution in [0.4, 0.5) is 0 Å². The largest absolute Gasteiger partial charge is 0.355 e. The molecule has 0 aromatic carbocycles. The topological polar surface area (TPSA) is 45.2 Å². The lowest BCUT2D eigenvalue weighted by Gasteiger charge is -2.16. The number of thiazole rings is 1. The number of nitrogens with one attached hydrogen (secondary N) is 1. The summed E-state index contributed by atoms with van der Waals surface area (Å²) in [5.74, 6) is 0.611. The fourth-order valence-electron chi connectivity index (χ4n) is 1.65. The minimum absolute atomic E-state index is 0.142. The molecular formula is C10H14ClN3OS. The minimum atomic E-state index is 0.142. The Morgan fingerprint density at radius 1 is 1.56 bits per heavy atom. The van der Waals surface area contributed by atoms with Crippen molar-refractivity contribution in [3.8, 4) is 0 Å². The molecule has 1 aromatic rings. The summed E-state index contributed by atoms with van der Waals surface area (Å²) in [5.41, 5.74) is 0.936. The number of amides is 1. The van der Waals surface area contributed by atoms with Crippen LogP contribution in [-0.2, 0) is 17.2 Å². The van der Waals surface area contributed by atoms with E-state index in [0.29, 0.717) is 12.3 Å². The van der Waals surface area contributed by atoms with Crippen molar-refractivity contribution < 1.29 is 4.79 Å². The lowest BCUT2D eigenvalue weighted by Crippen LogP contribution is -2.28. The van der Waals surface area contributed by atoms with E-state index in [1.54, 1.807) is 11.3 Å². The van der Waals surface area contributed by atoms with Crippen molar-refractivity contribution in [2.75, 3.05) is 19.6 Å². The number of carbonyl (C=O) groups is 1. The number of halogens is 1. The van der Waals surface area contributed by atoms with Gasteiger partial charge < -0.3 is 5.32 Å². The van der Waals surface area contributed by atoms with Crippen LogP contribution in [0.5, 0.6) is 0 Å². The van der Waals surface area contributed by atoms with Gasteiger partial charge in [-0.25, -0.2) is 4.98 Å². The van der Waals surface area contributed by atoms with Crippen LogP contribution in [0.25, 0.3) is 0 Å². The van der Waals surface area contributed by atoms with E-state index < -0.39 is 0 Å². The molecule has 1 N–H and O–H groups in total. The highest BCUT2D eigenvalue weighted by Gasteiger charge is 2.14. The molecule has 1 fully saturated rings. The number of hydrogen-bond acceptors (Lipinski definition) is 4. The fraction of sp³-hybridized carbons (Fsp3) is 0.600. The Morgan fingerprint density at radius 3 is 3.19 bits per heavy atom. The van der Waals surface area contributed by atoms with Gasteiger partial charge in [-0.1, -0.05) is 0 Å². The van der Waals surface area contributed by atoms with E-state index in [1.807, 2.05) is 5.38 Å². The first-order chi connectivity index (χ1) is 7.78. The summed E-state index contributed by atoms with van der Waals surface area (Å²) in [6, 6.07) is 0. The van der Waals surface area contributed by atoms with Gasteiger partial charge >= 0.3 is 0 Å². The summed E-state index contributed by atoms with van der Waals surface area (Å²) in [6.45, 7) is 3.24. The van der Waals surface area contributed by atoms with E-state index in [-0.39, 0.29) is 5.91 Å². The van der Waals surface area contributed by atoms with Crippen LogP contribution in [0.3, 0.4) is 0 Å². The third-order valence-electron chi connectivity index (χ3n) is 2.50. The number of nitrogens with zero attached hydrogens (tertiary/aromatic N) is 2. The molecule has 4 nitrogen and oxygen atoms in total. The van der Waals surface area contributed by atoms with Crippen molar-refractivity contribution in [2.24, 2.45) is 0 Å². The monoisotopic (exact) mass is 259 g/mol. The average molecular weight is 260 g/mol. The first-order valence-electron chi connectivity index (χ1n) is 5.26. The summed E-state index contributed by atoms with van der Waals surface area (Å²) >= 11 is 7.34. The Kier molecular flexibility index (Phi) is 4.15. The highest BCUT2D eigenvalue weighted by atomic mass is 35.5. The molecule has 1 saturated heterocycles. The van der Waals surface area contributed by atoms with E-state index in [2.05, 4.69) is 15.2 Å². The molecule has 0 spiro atoms. The molecule has 0 aliphatic carbocycles. The second-order valence-electron chi connectivity index (χ2n) is 3.74. The molecule has 0 bridgehead atoms. The standard InChI is InChI=1S/C10H14ClN3OS/c11-5-8-7-16-10(13-8)6-14-3-1-9(15)12-2-4-14/h7H,1-6H2,(H,12,15). The van der Waals surface area contributed by atoms with Crippen molar-refractivity contribution in [2.45, 2.75) is 18.8 Å². The maximum atomic E-state index is 11.2. The van der Waals surface area contributed by atoms with Crippen LogP contribution < -0.4 is 5.32 Å². The molecule has 1 aromatic heterocycles. The van der Waals surface area contributed by atoms with Gasteiger partial charge in [0.15, 0.2) is 0 Å². The molecule has 88 valence electrons. The number of alkyl halides is 1. The first-order valence-corrected chi connectivity index (χ1v) is 6.67. The fourth-order valence-corrected chi connectivity index (χ4v) is 2.71. The lowest BCUT2D eigenvalue weighted by molar-refractivity contribution is -0.120. The van der Waals surface area contributed by atoms with E-state index in [4.69, 9.17) is 11.6 Å². The van der Waals surface area contributed by atoms with Crippen molar-refractivity contribution >= 4 is 28.8 Å². The number of hydrogen-bond donors (Lipinski definition) is 1. The van der Waals surface area contributed by atoms with Crippen molar-refractivity contribution in [3.63, 3.8) is 0 Å². The quantitative estimate of drug-likeness (QED) is 0.830. The predicted octanol–water partition coefficient (Wildman–Crippen LogP) is 1.20. The maximum Gasteiger partial charge on any atom is 0.221 e. The van der Waals surface area contributed by atoms with Gasteiger partial charge in [0.1, 0.15) is 5.01 Å². The molecule has 0 radical (unpaired) electrons. The van der Waals surface area contributed by atoms with Gasteiger partial charge in [0.25, 0.3) is 0 Å². The van der Waals surface area contributed by atoms with Gasteiger partial charge in [-0.2, -0.15) is 0 Å². The average Bonchev–Trinajstić information content (AvgIpc) is 2.63. The van der Waals surface area contributed by atoms with Crippen LogP contribution >= 0.6 is 22.9 Å². The van der Waals surface area contributed by atoms with Crippen molar-refractivity contribution in [3.05, 3.63) is 16.1 Å². The highest BCUT2D eigenvalue weighted by molar-refractivity contribution is 7.09. The Labute approximate surface area is 104 Å². The van der Waals surface area contributed by atoms with Gasteiger partial charge in [0, 0.05) is 31.4 Å². The molecule has 1 aliphatic heterocycles. The Balaban J connectivity index is 1.90. The normalized spacial score (nSPS) is 18.2.